The molecule has 1 unspecified atom stereocenters. The predicted molar refractivity (Wildman–Crippen MR) is 49.1 cm³/mol. The van der Waals surface area contributed by atoms with Crippen LogP contribution in [0.2, 0.25) is 0 Å². The van der Waals surface area contributed by atoms with Gasteiger partial charge in [0.05, 0.1) is 0 Å². The van der Waals surface area contributed by atoms with E-state index in [9.17, 15) is 0 Å². The van der Waals surface area contributed by atoms with Crippen molar-refractivity contribution in [3.63, 3.8) is 0 Å². The van der Waals surface area contributed by atoms with E-state index in [0.29, 0.717) is 17.4 Å². The van der Waals surface area contributed by atoms with E-state index in [2.05, 4.69) is 34.6 Å². The molecule has 0 aromatic carbocycles. The van der Waals surface area contributed by atoms with Crippen molar-refractivity contribution in [3.8, 4) is 0 Å². The summed E-state index contributed by atoms with van der Waals surface area (Å²) in [6.07, 6.45) is 0.402. The molecule has 0 rings (SSSR count). The molecule has 0 aliphatic heterocycles. The number of hydrogen-bond acceptors (Lipinski definition) is 1. The van der Waals surface area contributed by atoms with Crippen LogP contribution in [-0.2, 0) is 4.43 Å². The molecule has 62 valence electrons. The molecule has 0 aliphatic rings. The van der Waals surface area contributed by atoms with E-state index in [1.807, 2.05) is 0 Å². The quantitative estimate of drug-likeness (QED) is 0.566. The van der Waals surface area contributed by atoms with Crippen LogP contribution in [0.4, 0.5) is 0 Å². The third kappa shape index (κ3) is 2.10. The summed E-state index contributed by atoms with van der Waals surface area (Å²) in [7, 11) is 0.849. The highest BCUT2D eigenvalue weighted by molar-refractivity contribution is 5.98. The lowest BCUT2D eigenvalue weighted by molar-refractivity contribution is 0.0584. The Balaban J connectivity index is 4.09. The Bertz CT molecular complexity index is 99.4. The van der Waals surface area contributed by atoms with Crippen molar-refractivity contribution >= 4 is 10.5 Å². The van der Waals surface area contributed by atoms with Crippen molar-refractivity contribution < 1.29 is 4.43 Å². The minimum absolute atomic E-state index is 0.321. The summed E-state index contributed by atoms with van der Waals surface area (Å²) in [5.74, 6) is 0.691. The van der Waals surface area contributed by atoms with Crippen LogP contribution in [0.15, 0.2) is 0 Å². The molecule has 1 nitrogen and oxygen atoms in total. The Morgan fingerprint density at radius 1 is 1.20 bits per heavy atom. The van der Waals surface area contributed by atoms with Gasteiger partial charge < -0.3 is 4.43 Å². The van der Waals surface area contributed by atoms with E-state index < -0.39 is 0 Å². The summed E-state index contributed by atoms with van der Waals surface area (Å²) >= 11 is 0. The molecule has 0 radical (unpaired) electrons. The van der Waals surface area contributed by atoms with Crippen LogP contribution in [0.25, 0.3) is 0 Å². The van der Waals surface area contributed by atoms with Crippen molar-refractivity contribution in [3.05, 3.63) is 0 Å². The first-order valence-electron chi connectivity index (χ1n) is 3.95. The average Bonchev–Trinajstić information content (AvgIpc) is 1.86. The fourth-order valence-electron chi connectivity index (χ4n) is 0.773. The van der Waals surface area contributed by atoms with E-state index in [0.717, 1.165) is 10.5 Å². The van der Waals surface area contributed by atoms with Gasteiger partial charge in [0.25, 0.3) is 0 Å². The third-order valence-electron chi connectivity index (χ3n) is 2.89. The van der Waals surface area contributed by atoms with Gasteiger partial charge in [-0.05, 0) is 18.3 Å². The smallest absolute Gasteiger partial charge is 0.146 e. The van der Waals surface area contributed by atoms with Gasteiger partial charge in [0.15, 0.2) is 0 Å². The maximum atomic E-state index is 5.42. The zero-order valence-corrected chi connectivity index (χ0v) is 10.1. The van der Waals surface area contributed by atoms with Crippen molar-refractivity contribution in [1.82, 2.24) is 0 Å². The van der Waals surface area contributed by atoms with Crippen LogP contribution in [0.3, 0.4) is 0 Å². The topological polar surface area (TPSA) is 9.23 Å². The lowest BCUT2D eigenvalue weighted by Crippen LogP contribution is -2.33. The molecule has 2 heteroatoms. The molecule has 10 heavy (non-hydrogen) atoms. The molecule has 0 saturated carbocycles. The second-order valence-corrected chi connectivity index (χ2v) is 4.33. The molecule has 0 bridgehead atoms. The molecule has 0 aromatic rings. The van der Waals surface area contributed by atoms with Crippen molar-refractivity contribution in [1.29, 1.82) is 0 Å². The van der Waals surface area contributed by atoms with E-state index in [1.165, 1.54) is 0 Å². The van der Waals surface area contributed by atoms with E-state index in [4.69, 9.17) is 4.43 Å². The lowest BCUT2D eigenvalue weighted by Gasteiger charge is -2.35. The summed E-state index contributed by atoms with van der Waals surface area (Å²) in [6.45, 7) is 11.2. The zero-order chi connectivity index (χ0) is 8.36. The van der Waals surface area contributed by atoms with Gasteiger partial charge in [0, 0.05) is 6.10 Å². The van der Waals surface area contributed by atoms with Gasteiger partial charge in [-0.15, -0.1) is 0 Å². The summed E-state index contributed by atoms with van der Waals surface area (Å²) < 4.78 is 5.42. The highest BCUT2D eigenvalue weighted by atomic mass is 28.2. The van der Waals surface area contributed by atoms with Crippen LogP contribution in [0.5, 0.6) is 0 Å². The van der Waals surface area contributed by atoms with Crippen LogP contribution in [0, 0.1) is 11.3 Å². The Morgan fingerprint density at radius 2 is 1.60 bits per heavy atom. The van der Waals surface area contributed by atoms with Crippen LogP contribution in [-0.4, -0.2) is 16.6 Å². The van der Waals surface area contributed by atoms with Crippen molar-refractivity contribution in [2.75, 3.05) is 0 Å². The molecule has 0 saturated heterocycles. The maximum absolute atomic E-state index is 5.42. The van der Waals surface area contributed by atoms with Crippen LogP contribution in [0.1, 0.15) is 34.6 Å². The van der Waals surface area contributed by atoms with Gasteiger partial charge in [0.2, 0.25) is 0 Å². The SMILES string of the molecule is CC(C)C(C)(C)C(C)O[SiH3]. The van der Waals surface area contributed by atoms with Gasteiger partial charge in [-0.25, -0.2) is 0 Å². The number of hydrogen-bond donors (Lipinski definition) is 0. The lowest BCUT2D eigenvalue weighted by atomic mass is 9.77. The van der Waals surface area contributed by atoms with E-state index in [-0.39, 0.29) is 0 Å². The molecule has 1 atom stereocenters. The second-order valence-electron chi connectivity index (χ2n) is 3.85. The Kier molecular flexibility index (Phi) is 3.60. The zero-order valence-electron chi connectivity index (χ0n) is 8.06. The highest BCUT2D eigenvalue weighted by Crippen LogP contribution is 2.31. The first kappa shape index (κ1) is 10.2. The Labute approximate surface area is 67.7 Å². The minimum atomic E-state index is 0.321. The van der Waals surface area contributed by atoms with Crippen molar-refractivity contribution in [2.45, 2.75) is 40.7 Å². The first-order valence-corrected chi connectivity index (χ1v) is 4.77. The monoisotopic (exact) mass is 160 g/mol. The molecule has 0 heterocycles. The Hall–Kier alpha value is 0.177. The van der Waals surface area contributed by atoms with Gasteiger partial charge >= 0.3 is 0 Å². The van der Waals surface area contributed by atoms with Gasteiger partial charge in [-0.2, -0.15) is 0 Å². The molecule has 0 aromatic heterocycles. The van der Waals surface area contributed by atoms with Gasteiger partial charge in [-0.3, -0.25) is 0 Å². The van der Waals surface area contributed by atoms with Crippen molar-refractivity contribution in [2.24, 2.45) is 11.3 Å². The molecular weight excluding hydrogens is 140 g/mol. The average molecular weight is 160 g/mol. The van der Waals surface area contributed by atoms with E-state index >= 15 is 0 Å². The van der Waals surface area contributed by atoms with Crippen LogP contribution >= 0.6 is 0 Å². The molecule has 0 amide bonds. The largest absolute Gasteiger partial charge is 0.425 e. The summed E-state index contributed by atoms with van der Waals surface area (Å²) in [5, 5.41) is 0. The van der Waals surface area contributed by atoms with Gasteiger partial charge in [0.1, 0.15) is 10.5 Å². The Morgan fingerprint density at radius 3 is 1.70 bits per heavy atom. The highest BCUT2D eigenvalue weighted by Gasteiger charge is 2.28. The molecule has 0 fully saturated rings. The normalized spacial score (nSPS) is 16.2. The second kappa shape index (κ2) is 3.53. The van der Waals surface area contributed by atoms with E-state index in [1.54, 1.807) is 0 Å². The fraction of sp³-hybridized carbons (Fsp3) is 1.00. The summed E-state index contributed by atoms with van der Waals surface area (Å²) in [6, 6.07) is 0. The first-order chi connectivity index (χ1) is 4.42. The van der Waals surface area contributed by atoms with Gasteiger partial charge in [-0.1, -0.05) is 27.7 Å². The number of rotatable bonds is 3. The summed E-state index contributed by atoms with van der Waals surface area (Å²) in [5.41, 5.74) is 0.321. The van der Waals surface area contributed by atoms with Crippen LogP contribution < -0.4 is 0 Å². The summed E-state index contributed by atoms with van der Waals surface area (Å²) in [4.78, 5) is 0. The molecule has 0 aliphatic carbocycles. The standard InChI is InChI=1S/C8H20OSi/c1-6(2)8(4,5)7(3)9-10/h6-7H,1-5,10H3. The fourth-order valence-corrected chi connectivity index (χ4v) is 1.38. The third-order valence-corrected chi connectivity index (χ3v) is 3.60. The predicted octanol–water partition coefficient (Wildman–Crippen LogP) is 1.35. The minimum Gasteiger partial charge on any atom is -0.425 e. The maximum Gasteiger partial charge on any atom is 0.146 e. The molecule has 0 N–H and O–H groups in total. The molecule has 0 spiro atoms. The molecular formula is C8H20OSi.